The van der Waals surface area contributed by atoms with Gasteiger partial charge in [0.2, 0.25) is 0 Å². The Labute approximate surface area is 140 Å². The largest absolute Gasteiger partial charge is 0.354 e. The van der Waals surface area contributed by atoms with Gasteiger partial charge < -0.3 is 10.2 Å². The Morgan fingerprint density at radius 3 is 2.88 bits per heavy atom. The van der Waals surface area contributed by atoms with Crippen molar-refractivity contribution in [1.82, 2.24) is 25.3 Å². The van der Waals surface area contributed by atoms with E-state index in [-0.39, 0.29) is 11.9 Å². The number of rotatable bonds is 4. The second-order valence-corrected chi connectivity index (χ2v) is 6.43. The fourth-order valence-electron chi connectivity index (χ4n) is 3.12. The maximum atomic E-state index is 12.3. The Balaban J connectivity index is 1.42. The molecule has 1 aliphatic carbocycles. The zero-order valence-corrected chi connectivity index (χ0v) is 13.4. The van der Waals surface area contributed by atoms with Crippen molar-refractivity contribution in [2.45, 2.75) is 37.6 Å². The van der Waals surface area contributed by atoms with Gasteiger partial charge in [0.05, 0.1) is 0 Å². The molecule has 0 spiro atoms. The molecule has 7 nitrogen and oxygen atoms in total. The minimum atomic E-state index is -0.148. The number of aromatic nitrogens is 4. The summed E-state index contributed by atoms with van der Waals surface area (Å²) in [7, 11) is 0. The van der Waals surface area contributed by atoms with Crippen LogP contribution in [-0.4, -0.2) is 45.0 Å². The lowest BCUT2D eigenvalue weighted by Crippen LogP contribution is -2.48. The fraction of sp³-hybridized carbons (Fsp3) is 0.471. The van der Waals surface area contributed by atoms with Crippen LogP contribution in [-0.2, 0) is 0 Å². The summed E-state index contributed by atoms with van der Waals surface area (Å²) in [5, 5.41) is 3.07. The lowest BCUT2D eigenvalue weighted by atomic mass is 10.1. The van der Waals surface area contributed by atoms with E-state index in [0.29, 0.717) is 11.6 Å². The summed E-state index contributed by atoms with van der Waals surface area (Å²) < 4.78 is 0. The van der Waals surface area contributed by atoms with Crippen LogP contribution in [0.5, 0.6) is 0 Å². The van der Waals surface area contributed by atoms with E-state index in [1.165, 1.54) is 19.2 Å². The average molecular weight is 324 g/mol. The minimum absolute atomic E-state index is 0.0977. The monoisotopic (exact) mass is 324 g/mol. The zero-order valence-electron chi connectivity index (χ0n) is 13.4. The first-order valence-corrected chi connectivity index (χ1v) is 8.43. The van der Waals surface area contributed by atoms with Crippen LogP contribution in [0.25, 0.3) is 0 Å². The standard InChI is InChI=1S/C17H20N6O/c24-17(14-5-6-18-10-19-14)22-13-2-1-7-23(9-13)16-8-15(12-3-4-12)20-11-21-16/h5-6,8,10-13H,1-4,7,9H2,(H,22,24). The highest BCUT2D eigenvalue weighted by Gasteiger charge is 2.27. The van der Waals surface area contributed by atoms with Crippen molar-refractivity contribution in [2.75, 3.05) is 18.0 Å². The van der Waals surface area contributed by atoms with E-state index in [1.807, 2.05) is 0 Å². The summed E-state index contributed by atoms with van der Waals surface area (Å²) in [6, 6.07) is 3.83. The maximum absolute atomic E-state index is 12.3. The lowest BCUT2D eigenvalue weighted by molar-refractivity contribution is 0.0928. The second kappa shape index (κ2) is 6.51. The van der Waals surface area contributed by atoms with Gasteiger partial charge in [0.15, 0.2) is 0 Å². The van der Waals surface area contributed by atoms with E-state index in [9.17, 15) is 4.79 Å². The number of hydrogen-bond acceptors (Lipinski definition) is 6. The van der Waals surface area contributed by atoms with Crippen molar-refractivity contribution in [3.05, 3.63) is 42.4 Å². The molecule has 2 aromatic rings. The summed E-state index contributed by atoms with van der Waals surface area (Å²) >= 11 is 0. The second-order valence-electron chi connectivity index (χ2n) is 6.43. The van der Waals surface area contributed by atoms with E-state index in [1.54, 1.807) is 18.6 Å². The molecule has 2 aliphatic rings. The third kappa shape index (κ3) is 3.34. The zero-order chi connectivity index (χ0) is 16.4. The first-order chi connectivity index (χ1) is 11.8. The molecule has 0 aromatic carbocycles. The summed E-state index contributed by atoms with van der Waals surface area (Å²) in [5.74, 6) is 1.43. The van der Waals surface area contributed by atoms with Gasteiger partial charge in [-0.2, -0.15) is 0 Å². The number of amides is 1. The average Bonchev–Trinajstić information content (AvgIpc) is 3.48. The summed E-state index contributed by atoms with van der Waals surface area (Å²) in [5.41, 5.74) is 1.55. The molecule has 1 aliphatic heterocycles. The molecule has 1 unspecified atom stereocenters. The van der Waals surface area contributed by atoms with Crippen LogP contribution in [0.3, 0.4) is 0 Å². The van der Waals surface area contributed by atoms with Gasteiger partial charge in [-0.25, -0.2) is 19.9 Å². The summed E-state index contributed by atoms with van der Waals surface area (Å²) in [4.78, 5) is 31.2. The van der Waals surface area contributed by atoms with Gasteiger partial charge in [0, 0.05) is 43.0 Å². The number of piperidine rings is 1. The van der Waals surface area contributed by atoms with Gasteiger partial charge in [0.25, 0.3) is 5.91 Å². The molecule has 3 heterocycles. The predicted molar refractivity (Wildman–Crippen MR) is 88.7 cm³/mol. The van der Waals surface area contributed by atoms with Crippen LogP contribution < -0.4 is 10.2 Å². The fourth-order valence-corrected chi connectivity index (χ4v) is 3.12. The van der Waals surface area contributed by atoms with E-state index in [4.69, 9.17) is 0 Å². The number of carbonyl (C=O) groups is 1. The number of nitrogens with zero attached hydrogens (tertiary/aromatic N) is 5. The summed E-state index contributed by atoms with van der Waals surface area (Å²) in [6.07, 6.45) is 9.08. The number of hydrogen-bond donors (Lipinski definition) is 1. The van der Waals surface area contributed by atoms with Crippen molar-refractivity contribution >= 4 is 11.7 Å². The van der Waals surface area contributed by atoms with Gasteiger partial charge in [-0.1, -0.05) is 0 Å². The van der Waals surface area contributed by atoms with Crippen molar-refractivity contribution in [2.24, 2.45) is 0 Å². The van der Waals surface area contributed by atoms with Crippen LogP contribution in [0.4, 0.5) is 5.82 Å². The van der Waals surface area contributed by atoms with Crippen molar-refractivity contribution < 1.29 is 4.79 Å². The van der Waals surface area contributed by atoms with Crippen molar-refractivity contribution in [1.29, 1.82) is 0 Å². The van der Waals surface area contributed by atoms with E-state index >= 15 is 0 Å². The van der Waals surface area contributed by atoms with Crippen LogP contribution in [0.2, 0.25) is 0 Å². The quantitative estimate of drug-likeness (QED) is 0.918. The highest BCUT2D eigenvalue weighted by molar-refractivity contribution is 5.92. The van der Waals surface area contributed by atoms with Crippen LogP contribution >= 0.6 is 0 Å². The smallest absolute Gasteiger partial charge is 0.270 e. The van der Waals surface area contributed by atoms with Crippen molar-refractivity contribution in [3.63, 3.8) is 0 Å². The maximum Gasteiger partial charge on any atom is 0.270 e. The molecule has 24 heavy (non-hydrogen) atoms. The van der Waals surface area contributed by atoms with Crippen LogP contribution in [0, 0.1) is 0 Å². The Bertz CT molecular complexity index is 718. The highest BCUT2D eigenvalue weighted by atomic mass is 16.1. The molecule has 0 radical (unpaired) electrons. The SMILES string of the molecule is O=C(NC1CCCN(c2cc(C3CC3)ncn2)C1)c1ccncn1. The molecule has 124 valence electrons. The van der Waals surface area contributed by atoms with Crippen LogP contribution in [0.1, 0.15) is 47.8 Å². The van der Waals surface area contributed by atoms with Gasteiger partial charge in [0.1, 0.15) is 24.2 Å². The lowest BCUT2D eigenvalue weighted by Gasteiger charge is -2.34. The van der Waals surface area contributed by atoms with E-state index in [0.717, 1.165) is 37.4 Å². The Morgan fingerprint density at radius 2 is 2.08 bits per heavy atom. The molecule has 1 atom stereocenters. The molecule has 2 fully saturated rings. The molecular weight excluding hydrogens is 304 g/mol. The molecule has 1 amide bonds. The van der Waals surface area contributed by atoms with Crippen molar-refractivity contribution in [3.8, 4) is 0 Å². The topological polar surface area (TPSA) is 83.9 Å². The molecule has 0 bridgehead atoms. The molecule has 2 aromatic heterocycles. The Morgan fingerprint density at radius 1 is 1.17 bits per heavy atom. The predicted octanol–water partition coefficient (Wildman–Crippen LogP) is 1.54. The Hall–Kier alpha value is -2.57. The van der Waals surface area contributed by atoms with Crippen LogP contribution in [0.15, 0.2) is 31.0 Å². The minimum Gasteiger partial charge on any atom is -0.354 e. The van der Waals surface area contributed by atoms with Gasteiger partial charge in [-0.3, -0.25) is 4.79 Å². The first kappa shape index (κ1) is 15.0. The van der Waals surface area contributed by atoms with Gasteiger partial charge in [-0.05, 0) is 31.7 Å². The molecule has 7 heteroatoms. The molecule has 1 saturated heterocycles. The molecule has 1 N–H and O–H groups in total. The number of anilines is 1. The normalized spacial score (nSPS) is 20.7. The van der Waals surface area contributed by atoms with Gasteiger partial charge >= 0.3 is 0 Å². The van der Waals surface area contributed by atoms with E-state index < -0.39 is 0 Å². The third-order valence-electron chi connectivity index (χ3n) is 4.56. The molecule has 4 rings (SSSR count). The Kier molecular flexibility index (Phi) is 4.06. The van der Waals surface area contributed by atoms with Gasteiger partial charge in [-0.15, -0.1) is 0 Å². The highest BCUT2D eigenvalue weighted by Crippen LogP contribution is 2.39. The first-order valence-electron chi connectivity index (χ1n) is 8.43. The summed E-state index contributed by atoms with van der Waals surface area (Å²) in [6.45, 7) is 1.72. The molecular formula is C17H20N6O. The molecule has 1 saturated carbocycles. The van der Waals surface area contributed by atoms with E-state index in [2.05, 4.69) is 36.2 Å². The number of carbonyl (C=O) groups excluding carboxylic acids is 1. The number of nitrogens with one attached hydrogen (secondary N) is 1. The third-order valence-corrected chi connectivity index (χ3v) is 4.56.